The maximum atomic E-state index is 12.8. The molecule has 0 radical (unpaired) electrons. The molecule has 0 fully saturated rings. The fourth-order valence-electron chi connectivity index (χ4n) is 2.92. The molecule has 29 heavy (non-hydrogen) atoms. The van der Waals surface area contributed by atoms with Crippen LogP contribution in [-0.2, 0) is 11.4 Å². The van der Waals surface area contributed by atoms with Gasteiger partial charge in [-0.25, -0.2) is 0 Å². The lowest BCUT2D eigenvalue weighted by atomic mass is 10.1. The van der Waals surface area contributed by atoms with Gasteiger partial charge in [-0.15, -0.1) is 11.8 Å². The third-order valence-corrected chi connectivity index (χ3v) is 5.84. The van der Waals surface area contributed by atoms with Gasteiger partial charge in [-0.2, -0.15) is 0 Å². The molecule has 0 spiro atoms. The van der Waals surface area contributed by atoms with Crippen molar-refractivity contribution in [3.05, 3.63) is 82.3 Å². The number of thioether (sulfide) groups is 1. The highest BCUT2D eigenvalue weighted by atomic mass is 79.9. The Morgan fingerprint density at radius 2 is 1.97 bits per heavy atom. The first-order valence-corrected chi connectivity index (χ1v) is 10.7. The van der Waals surface area contributed by atoms with Crippen molar-refractivity contribution in [3.63, 3.8) is 0 Å². The molecule has 0 bridgehead atoms. The number of para-hydroxylation sites is 1. The summed E-state index contributed by atoms with van der Waals surface area (Å²) in [7, 11) is 0. The number of amides is 2. The maximum Gasteiger partial charge on any atom is 0.259 e. The van der Waals surface area contributed by atoms with E-state index in [0.717, 1.165) is 20.6 Å². The van der Waals surface area contributed by atoms with Crippen molar-refractivity contribution in [1.82, 2.24) is 0 Å². The molecular weight excluding hydrogens is 452 g/mol. The highest BCUT2D eigenvalue weighted by molar-refractivity contribution is 9.10. The number of hydrogen-bond acceptors (Lipinski definition) is 4. The molecule has 3 aromatic rings. The number of carbonyl (C=O) groups is 2. The van der Waals surface area contributed by atoms with E-state index in [9.17, 15) is 9.59 Å². The van der Waals surface area contributed by atoms with E-state index >= 15 is 0 Å². The first kappa shape index (κ1) is 19.5. The number of ether oxygens (including phenoxy) is 1. The van der Waals surface area contributed by atoms with Crippen molar-refractivity contribution in [3.8, 4) is 5.75 Å². The summed E-state index contributed by atoms with van der Waals surface area (Å²) in [4.78, 5) is 25.3. The van der Waals surface area contributed by atoms with Gasteiger partial charge in [-0.05, 0) is 48.0 Å². The van der Waals surface area contributed by atoms with Crippen LogP contribution < -0.4 is 15.4 Å². The Labute approximate surface area is 181 Å². The number of benzene rings is 3. The van der Waals surface area contributed by atoms with Crippen molar-refractivity contribution in [1.29, 1.82) is 0 Å². The molecule has 4 rings (SSSR count). The Balaban J connectivity index is 1.48. The van der Waals surface area contributed by atoms with E-state index in [0.29, 0.717) is 29.4 Å². The van der Waals surface area contributed by atoms with Gasteiger partial charge in [0.2, 0.25) is 5.91 Å². The van der Waals surface area contributed by atoms with Crippen LogP contribution in [0.1, 0.15) is 15.9 Å². The van der Waals surface area contributed by atoms with Crippen LogP contribution in [0.5, 0.6) is 5.75 Å². The van der Waals surface area contributed by atoms with E-state index in [4.69, 9.17) is 4.74 Å². The third kappa shape index (κ3) is 4.81. The standard InChI is InChI=1S/C22H17BrN2O3S/c23-15-5-3-4-14(10-15)12-28-19-7-2-1-6-17(19)22(27)24-16-8-9-18-20(11-16)29-13-21(26)25-18/h1-11H,12-13H2,(H,24,27)(H,25,26). The summed E-state index contributed by atoms with van der Waals surface area (Å²) in [5.41, 5.74) is 2.89. The molecule has 1 heterocycles. The Kier molecular flexibility index (Phi) is 5.87. The molecule has 2 amide bonds. The number of carbonyl (C=O) groups excluding carboxylic acids is 2. The van der Waals surface area contributed by atoms with E-state index in [-0.39, 0.29) is 11.8 Å². The largest absolute Gasteiger partial charge is 0.488 e. The van der Waals surface area contributed by atoms with E-state index in [1.54, 1.807) is 30.3 Å². The van der Waals surface area contributed by atoms with Gasteiger partial charge in [-0.3, -0.25) is 9.59 Å². The summed E-state index contributed by atoms with van der Waals surface area (Å²) in [6, 6.07) is 20.4. The third-order valence-electron chi connectivity index (χ3n) is 4.29. The molecule has 3 aromatic carbocycles. The minimum atomic E-state index is -0.250. The molecule has 0 aliphatic carbocycles. The van der Waals surface area contributed by atoms with Gasteiger partial charge in [0.25, 0.3) is 5.91 Å². The van der Waals surface area contributed by atoms with Crippen LogP contribution in [0.2, 0.25) is 0 Å². The molecule has 0 aromatic heterocycles. The van der Waals surface area contributed by atoms with Crippen LogP contribution in [0.15, 0.2) is 76.1 Å². The van der Waals surface area contributed by atoms with Crippen LogP contribution in [0.3, 0.4) is 0 Å². The molecule has 1 aliphatic rings. The van der Waals surface area contributed by atoms with Gasteiger partial charge in [0.05, 0.1) is 17.0 Å². The Hall–Kier alpha value is -2.77. The van der Waals surface area contributed by atoms with Crippen molar-refractivity contribution < 1.29 is 14.3 Å². The highest BCUT2D eigenvalue weighted by Crippen LogP contribution is 2.33. The molecule has 5 nitrogen and oxygen atoms in total. The number of halogens is 1. The van der Waals surface area contributed by atoms with E-state index in [1.165, 1.54) is 11.8 Å². The topological polar surface area (TPSA) is 67.4 Å². The van der Waals surface area contributed by atoms with E-state index in [2.05, 4.69) is 26.6 Å². The predicted octanol–water partition coefficient (Wildman–Crippen LogP) is 5.32. The first-order valence-electron chi connectivity index (χ1n) is 8.93. The van der Waals surface area contributed by atoms with Crippen molar-refractivity contribution in [2.24, 2.45) is 0 Å². The summed E-state index contributed by atoms with van der Waals surface area (Å²) < 4.78 is 6.88. The van der Waals surface area contributed by atoms with Crippen LogP contribution in [0, 0.1) is 0 Å². The Morgan fingerprint density at radius 1 is 1.10 bits per heavy atom. The van der Waals surface area contributed by atoms with Gasteiger partial charge in [0, 0.05) is 15.1 Å². The SMILES string of the molecule is O=C1CSc2cc(NC(=O)c3ccccc3OCc3cccc(Br)c3)ccc2N1. The fraction of sp³-hybridized carbons (Fsp3) is 0.0909. The van der Waals surface area contributed by atoms with Gasteiger partial charge >= 0.3 is 0 Å². The molecule has 1 aliphatic heterocycles. The zero-order valence-corrected chi connectivity index (χ0v) is 17.7. The lowest BCUT2D eigenvalue weighted by Gasteiger charge is -2.17. The zero-order valence-electron chi connectivity index (χ0n) is 15.3. The maximum absolute atomic E-state index is 12.8. The summed E-state index contributed by atoms with van der Waals surface area (Å²) in [6.07, 6.45) is 0. The van der Waals surface area contributed by atoms with Gasteiger partial charge < -0.3 is 15.4 Å². The fourth-order valence-corrected chi connectivity index (χ4v) is 4.21. The minimum Gasteiger partial charge on any atom is -0.488 e. The van der Waals surface area contributed by atoms with E-state index < -0.39 is 0 Å². The lowest BCUT2D eigenvalue weighted by molar-refractivity contribution is -0.113. The van der Waals surface area contributed by atoms with Crippen LogP contribution in [-0.4, -0.2) is 17.6 Å². The van der Waals surface area contributed by atoms with Crippen molar-refractivity contribution >= 4 is 50.9 Å². The van der Waals surface area contributed by atoms with Gasteiger partial charge in [0.15, 0.2) is 0 Å². The summed E-state index contributed by atoms with van der Waals surface area (Å²) in [6.45, 7) is 0.360. The molecule has 7 heteroatoms. The molecule has 0 unspecified atom stereocenters. The second-order valence-electron chi connectivity index (χ2n) is 6.42. The summed E-state index contributed by atoms with van der Waals surface area (Å²) >= 11 is 4.90. The minimum absolute atomic E-state index is 0.0178. The quantitative estimate of drug-likeness (QED) is 0.531. The first-order chi connectivity index (χ1) is 14.1. The summed E-state index contributed by atoms with van der Waals surface area (Å²) in [5.74, 6) is 0.622. The van der Waals surface area contributed by atoms with Gasteiger partial charge in [-0.1, -0.05) is 40.2 Å². The van der Waals surface area contributed by atoms with Crippen molar-refractivity contribution in [2.45, 2.75) is 11.5 Å². The summed E-state index contributed by atoms with van der Waals surface area (Å²) in [5, 5.41) is 5.74. The molecular formula is C22H17BrN2O3S. The average Bonchev–Trinajstić information content (AvgIpc) is 2.72. The Bertz CT molecular complexity index is 1090. The van der Waals surface area contributed by atoms with Crippen LogP contribution in [0.25, 0.3) is 0 Å². The molecule has 0 atom stereocenters. The molecule has 2 N–H and O–H groups in total. The van der Waals surface area contributed by atoms with Crippen LogP contribution >= 0.6 is 27.7 Å². The van der Waals surface area contributed by atoms with Crippen molar-refractivity contribution in [2.75, 3.05) is 16.4 Å². The predicted molar refractivity (Wildman–Crippen MR) is 119 cm³/mol. The van der Waals surface area contributed by atoms with Gasteiger partial charge in [0.1, 0.15) is 12.4 Å². The average molecular weight is 469 g/mol. The Morgan fingerprint density at radius 3 is 2.83 bits per heavy atom. The van der Waals surface area contributed by atoms with Crippen LogP contribution in [0.4, 0.5) is 11.4 Å². The number of hydrogen-bond donors (Lipinski definition) is 2. The number of rotatable bonds is 5. The lowest BCUT2D eigenvalue weighted by Crippen LogP contribution is -2.19. The molecule has 0 saturated heterocycles. The van der Waals surface area contributed by atoms with E-state index in [1.807, 2.05) is 36.4 Å². The normalized spacial score (nSPS) is 12.7. The molecule has 146 valence electrons. The second kappa shape index (κ2) is 8.71. The molecule has 0 saturated carbocycles. The highest BCUT2D eigenvalue weighted by Gasteiger charge is 2.17. The zero-order chi connectivity index (χ0) is 20.2. The smallest absolute Gasteiger partial charge is 0.259 e. The second-order valence-corrected chi connectivity index (χ2v) is 8.35. The number of anilines is 2. The number of nitrogens with one attached hydrogen (secondary N) is 2. The number of fused-ring (bicyclic) bond motifs is 1. The monoisotopic (exact) mass is 468 g/mol.